The molecule has 5 heteroatoms. The van der Waals surface area contributed by atoms with Crippen molar-refractivity contribution in [3.8, 4) is 6.07 Å². The lowest BCUT2D eigenvalue weighted by Crippen LogP contribution is -2.48. The monoisotopic (exact) mass is 285 g/mol. The second-order valence-corrected chi connectivity index (χ2v) is 6.49. The highest BCUT2D eigenvalue weighted by Gasteiger charge is 2.28. The van der Waals surface area contributed by atoms with Crippen LogP contribution in [0.1, 0.15) is 25.3 Å². The van der Waals surface area contributed by atoms with Gasteiger partial charge in [-0.1, -0.05) is 0 Å². The van der Waals surface area contributed by atoms with Gasteiger partial charge in [-0.05, 0) is 31.9 Å². The first kappa shape index (κ1) is 14.0. The summed E-state index contributed by atoms with van der Waals surface area (Å²) in [6, 6.07) is 6.48. The Morgan fingerprint density at radius 3 is 2.62 bits per heavy atom. The van der Waals surface area contributed by atoms with Gasteiger partial charge in [0.25, 0.3) is 0 Å². The van der Waals surface area contributed by atoms with Gasteiger partial charge in [-0.3, -0.25) is 0 Å². The Bertz CT molecular complexity index is 577. The zero-order valence-corrected chi connectivity index (χ0v) is 12.8. The van der Waals surface area contributed by atoms with Gasteiger partial charge < -0.3 is 20.9 Å². The molecule has 1 fully saturated rings. The standard InChI is InChI=1S/C16H23N5/c1-16(18)3-6-21(7-4-16)14-10-15-13(9-12(14)11-17)19-5-8-20(15)2/h9-10,19H,3-8,18H2,1-2H3. The van der Waals surface area contributed by atoms with Crippen molar-refractivity contribution < 1.29 is 0 Å². The summed E-state index contributed by atoms with van der Waals surface area (Å²) in [4.78, 5) is 4.55. The molecule has 0 radical (unpaired) electrons. The molecule has 21 heavy (non-hydrogen) atoms. The van der Waals surface area contributed by atoms with E-state index in [1.54, 1.807) is 0 Å². The molecule has 2 aliphatic heterocycles. The zero-order chi connectivity index (χ0) is 15.0. The van der Waals surface area contributed by atoms with E-state index >= 15 is 0 Å². The van der Waals surface area contributed by atoms with Crippen LogP contribution in [0.5, 0.6) is 0 Å². The molecule has 0 unspecified atom stereocenters. The quantitative estimate of drug-likeness (QED) is 0.822. The van der Waals surface area contributed by atoms with Crippen LogP contribution in [-0.2, 0) is 0 Å². The fraction of sp³-hybridized carbons (Fsp3) is 0.562. The number of hydrogen-bond acceptors (Lipinski definition) is 5. The van der Waals surface area contributed by atoms with E-state index in [0.29, 0.717) is 0 Å². The molecule has 5 nitrogen and oxygen atoms in total. The molecule has 0 aromatic heterocycles. The number of likely N-dealkylation sites (N-methyl/N-ethyl adjacent to an activating group) is 1. The molecule has 3 N–H and O–H groups in total. The number of fused-ring (bicyclic) bond motifs is 1. The number of nitrogens with two attached hydrogens (primary N) is 1. The van der Waals surface area contributed by atoms with Gasteiger partial charge >= 0.3 is 0 Å². The Hall–Kier alpha value is -1.93. The second-order valence-electron chi connectivity index (χ2n) is 6.49. The summed E-state index contributed by atoms with van der Waals surface area (Å²) in [5.74, 6) is 0. The van der Waals surface area contributed by atoms with Crippen LogP contribution in [0.4, 0.5) is 17.1 Å². The Kier molecular flexibility index (Phi) is 3.42. The van der Waals surface area contributed by atoms with Gasteiger partial charge in [0.15, 0.2) is 0 Å². The van der Waals surface area contributed by atoms with Crippen LogP contribution in [0.25, 0.3) is 0 Å². The molecule has 2 heterocycles. The molecular formula is C16H23N5. The average Bonchev–Trinajstić information content (AvgIpc) is 2.47. The summed E-state index contributed by atoms with van der Waals surface area (Å²) in [5, 5.41) is 12.9. The predicted molar refractivity (Wildman–Crippen MR) is 87.0 cm³/mol. The average molecular weight is 285 g/mol. The van der Waals surface area contributed by atoms with Gasteiger partial charge in [-0.25, -0.2) is 0 Å². The van der Waals surface area contributed by atoms with Crippen LogP contribution in [0.3, 0.4) is 0 Å². The number of anilines is 3. The Morgan fingerprint density at radius 1 is 1.24 bits per heavy atom. The highest BCUT2D eigenvalue weighted by molar-refractivity contribution is 5.80. The Balaban J connectivity index is 1.95. The molecule has 2 aliphatic rings. The van der Waals surface area contributed by atoms with Gasteiger partial charge in [0.1, 0.15) is 6.07 Å². The van der Waals surface area contributed by atoms with Crippen molar-refractivity contribution in [3.63, 3.8) is 0 Å². The first-order valence-corrected chi connectivity index (χ1v) is 7.57. The number of piperidine rings is 1. The molecule has 0 atom stereocenters. The zero-order valence-electron chi connectivity index (χ0n) is 12.8. The fourth-order valence-corrected chi connectivity index (χ4v) is 3.12. The fourth-order valence-electron chi connectivity index (χ4n) is 3.12. The van der Waals surface area contributed by atoms with Crippen molar-refractivity contribution in [1.82, 2.24) is 0 Å². The maximum Gasteiger partial charge on any atom is 0.101 e. The molecule has 1 aromatic rings. The van der Waals surface area contributed by atoms with E-state index in [0.717, 1.165) is 56.0 Å². The van der Waals surface area contributed by atoms with E-state index in [-0.39, 0.29) is 5.54 Å². The lowest BCUT2D eigenvalue weighted by molar-refractivity contribution is 0.364. The molecule has 1 saturated heterocycles. The minimum atomic E-state index is -0.0736. The van der Waals surface area contributed by atoms with Gasteiger partial charge in [0.05, 0.1) is 22.6 Å². The number of benzene rings is 1. The molecule has 0 amide bonds. The molecule has 0 bridgehead atoms. The van der Waals surface area contributed by atoms with E-state index in [2.05, 4.69) is 41.2 Å². The van der Waals surface area contributed by atoms with Crippen LogP contribution in [0.2, 0.25) is 0 Å². The van der Waals surface area contributed by atoms with E-state index in [9.17, 15) is 5.26 Å². The second kappa shape index (κ2) is 5.12. The molecule has 3 rings (SSSR count). The summed E-state index contributed by atoms with van der Waals surface area (Å²) >= 11 is 0. The number of nitrogens with one attached hydrogen (secondary N) is 1. The molecule has 0 aliphatic carbocycles. The van der Waals surface area contributed by atoms with E-state index in [1.807, 2.05) is 6.07 Å². The first-order valence-electron chi connectivity index (χ1n) is 7.57. The normalized spacial score (nSPS) is 20.5. The lowest BCUT2D eigenvalue weighted by Gasteiger charge is -2.39. The van der Waals surface area contributed by atoms with Crippen molar-refractivity contribution in [1.29, 1.82) is 5.26 Å². The third kappa shape index (κ3) is 2.64. The summed E-state index contributed by atoms with van der Waals surface area (Å²) in [6.45, 7) is 5.84. The predicted octanol–water partition coefficient (Wildman–Crippen LogP) is 1.74. The Morgan fingerprint density at radius 2 is 1.95 bits per heavy atom. The highest BCUT2D eigenvalue weighted by Crippen LogP contribution is 2.36. The van der Waals surface area contributed by atoms with Gasteiger partial charge in [0.2, 0.25) is 0 Å². The van der Waals surface area contributed by atoms with E-state index in [1.165, 1.54) is 5.69 Å². The topological polar surface area (TPSA) is 68.3 Å². The van der Waals surface area contributed by atoms with Crippen LogP contribution in [0, 0.1) is 11.3 Å². The molecule has 0 saturated carbocycles. The summed E-state index contributed by atoms with van der Waals surface area (Å²) in [7, 11) is 2.10. The Labute approximate surface area is 126 Å². The van der Waals surface area contributed by atoms with E-state index < -0.39 is 0 Å². The summed E-state index contributed by atoms with van der Waals surface area (Å²) < 4.78 is 0. The largest absolute Gasteiger partial charge is 0.382 e. The number of rotatable bonds is 1. The molecule has 0 spiro atoms. The highest BCUT2D eigenvalue weighted by atomic mass is 15.2. The molecule has 112 valence electrons. The maximum absolute atomic E-state index is 9.48. The van der Waals surface area contributed by atoms with Gasteiger partial charge in [-0.15, -0.1) is 0 Å². The lowest BCUT2D eigenvalue weighted by atomic mass is 9.90. The third-order valence-corrected chi connectivity index (χ3v) is 4.65. The third-order valence-electron chi connectivity index (χ3n) is 4.65. The van der Waals surface area contributed by atoms with Crippen LogP contribution < -0.4 is 20.9 Å². The van der Waals surface area contributed by atoms with Crippen LogP contribution in [0.15, 0.2) is 12.1 Å². The van der Waals surface area contributed by atoms with Crippen molar-refractivity contribution in [2.24, 2.45) is 5.73 Å². The summed E-state index contributed by atoms with van der Waals surface area (Å²) in [5.41, 5.74) is 10.2. The van der Waals surface area contributed by atoms with Crippen molar-refractivity contribution in [2.75, 3.05) is 48.3 Å². The van der Waals surface area contributed by atoms with E-state index in [4.69, 9.17) is 5.73 Å². The maximum atomic E-state index is 9.48. The minimum absolute atomic E-state index is 0.0736. The first-order chi connectivity index (χ1) is 10.00. The minimum Gasteiger partial charge on any atom is -0.382 e. The van der Waals surface area contributed by atoms with Crippen molar-refractivity contribution in [3.05, 3.63) is 17.7 Å². The SMILES string of the molecule is CN1CCNc2cc(C#N)c(N3CCC(C)(N)CC3)cc21. The van der Waals surface area contributed by atoms with Crippen molar-refractivity contribution in [2.45, 2.75) is 25.3 Å². The summed E-state index contributed by atoms with van der Waals surface area (Å²) in [6.07, 6.45) is 1.92. The van der Waals surface area contributed by atoms with Gasteiger partial charge in [0, 0.05) is 38.8 Å². The number of nitrogens with zero attached hydrogens (tertiary/aromatic N) is 3. The number of nitriles is 1. The molecular weight excluding hydrogens is 262 g/mol. The smallest absolute Gasteiger partial charge is 0.101 e. The van der Waals surface area contributed by atoms with Gasteiger partial charge in [-0.2, -0.15) is 5.26 Å². The van der Waals surface area contributed by atoms with Crippen LogP contribution >= 0.6 is 0 Å². The van der Waals surface area contributed by atoms with Crippen molar-refractivity contribution >= 4 is 17.1 Å². The number of hydrogen-bond donors (Lipinski definition) is 2. The van der Waals surface area contributed by atoms with Crippen LogP contribution in [-0.4, -0.2) is 38.8 Å². The molecule has 1 aromatic carbocycles.